The molecule has 0 spiro atoms. The molecule has 0 aliphatic carbocycles. The number of nitrogens with one attached hydrogen (secondary N) is 1. The SMILES string of the molecule is COc1ccc(C)cc1-n1nnnc1S[C@@H](C)C(=O)Nc1ncc(Cl)cc1Cl. The van der Waals surface area contributed by atoms with E-state index in [0.717, 1.165) is 5.56 Å². The third-order valence-electron chi connectivity index (χ3n) is 3.70. The Labute approximate surface area is 175 Å². The molecule has 1 aromatic carbocycles. The van der Waals surface area contributed by atoms with Gasteiger partial charge in [-0.05, 0) is 48.0 Å². The number of ether oxygens (including phenoxy) is 1. The standard InChI is InChI=1S/C17H16Cl2N6O2S/c1-9-4-5-14(27-3)13(6-9)25-17(22-23-24-25)28-10(2)16(26)21-15-12(19)7-11(18)8-20-15/h4-8,10H,1-3H3,(H,20,21,26)/t10-/m0/s1. The summed E-state index contributed by atoms with van der Waals surface area (Å²) in [5, 5.41) is 15.0. The van der Waals surface area contributed by atoms with Gasteiger partial charge in [-0.2, -0.15) is 4.68 Å². The maximum absolute atomic E-state index is 12.5. The third kappa shape index (κ3) is 4.54. The summed E-state index contributed by atoms with van der Waals surface area (Å²) in [4.78, 5) is 16.6. The van der Waals surface area contributed by atoms with E-state index in [1.807, 2.05) is 25.1 Å². The molecule has 0 aliphatic heterocycles. The molecule has 0 radical (unpaired) electrons. The predicted octanol–water partition coefficient (Wildman–Crippen LogP) is 3.80. The van der Waals surface area contributed by atoms with Crippen LogP contribution in [0.4, 0.5) is 5.82 Å². The van der Waals surface area contributed by atoms with Gasteiger partial charge in [0, 0.05) is 6.20 Å². The summed E-state index contributed by atoms with van der Waals surface area (Å²) in [6.07, 6.45) is 1.41. The van der Waals surface area contributed by atoms with Gasteiger partial charge in [-0.1, -0.05) is 41.0 Å². The molecule has 2 aromatic heterocycles. The summed E-state index contributed by atoms with van der Waals surface area (Å²) in [5.74, 6) is 0.560. The van der Waals surface area contributed by atoms with E-state index >= 15 is 0 Å². The van der Waals surface area contributed by atoms with Crippen LogP contribution in [0.25, 0.3) is 5.69 Å². The van der Waals surface area contributed by atoms with E-state index in [9.17, 15) is 4.79 Å². The van der Waals surface area contributed by atoms with Gasteiger partial charge in [0.2, 0.25) is 11.1 Å². The number of hydrogen-bond acceptors (Lipinski definition) is 7. The number of tetrazole rings is 1. The van der Waals surface area contributed by atoms with Gasteiger partial charge in [0.05, 0.1) is 22.4 Å². The van der Waals surface area contributed by atoms with Gasteiger partial charge < -0.3 is 10.1 Å². The highest BCUT2D eigenvalue weighted by atomic mass is 35.5. The number of anilines is 1. The van der Waals surface area contributed by atoms with Crippen LogP contribution in [-0.2, 0) is 4.79 Å². The van der Waals surface area contributed by atoms with Crippen molar-refractivity contribution in [3.63, 3.8) is 0 Å². The molecule has 0 fully saturated rings. The van der Waals surface area contributed by atoms with Crippen molar-refractivity contribution in [3.8, 4) is 11.4 Å². The zero-order valence-electron chi connectivity index (χ0n) is 15.2. The average Bonchev–Trinajstić information content (AvgIpc) is 3.11. The number of carbonyl (C=O) groups is 1. The number of aromatic nitrogens is 5. The minimum absolute atomic E-state index is 0.239. The smallest absolute Gasteiger partial charge is 0.238 e. The van der Waals surface area contributed by atoms with Crippen LogP contribution in [0.2, 0.25) is 10.0 Å². The van der Waals surface area contributed by atoms with Crippen LogP contribution in [0.5, 0.6) is 5.75 Å². The molecule has 3 rings (SSSR count). The molecule has 0 unspecified atom stereocenters. The van der Waals surface area contributed by atoms with Crippen LogP contribution in [-0.4, -0.2) is 43.5 Å². The lowest BCUT2D eigenvalue weighted by atomic mass is 10.2. The molecule has 0 saturated carbocycles. The summed E-state index contributed by atoms with van der Waals surface area (Å²) in [6, 6.07) is 7.18. The van der Waals surface area contributed by atoms with Crippen molar-refractivity contribution >= 4 is 46.7 Å². The number of rotatable bonds is 6. The maximum atomic E-state index is 12.5. The van der Waals surface area contributed by atoms with Gasteiger partial charge in [-0.3, -0.25) is 4.79 Å². The number of benzene rings is 1. The highest BCUT2D eigenvalue weighted by molar-refractivity contribution is 8.00. The van der Waals surface area contributed by atoms with Gasteiger partial charge in [-0.25, -0.2) is 4.98 Å². The first-order valence-corrected chi connectivity index (χ1v) is 9.74. The van der Waals surface area contributed by atoms with Gasteiger partial charge in [0.1, 0.15) is 11.4 Å². The fourth-order valence-electron chi connectivity index (χ4n) is 2.31. The second kappa shape index (κ2) is 8.76. The van der Waals surface area contributed by atoms with Crippen molar-refractivity contribution in [2.45, 2.75) is 24.3 Å². The Balaban J connectivity index is 1.79. The number of pyridine rings is 1. The zero-order valence-corrected chi connectivity index (χ0v) is 17.5. The van der Waals surface area contributed by atoms with E-state index in [-0.39, 0.29) is 16.7 Å². The molecule has 28 heavy (non-hydrogen) atoms. The molecule has 2 heterocycles. The number of thioether (sulfide) groups is 1. The summed E-state index contributed by atoms with van der Waals surface area (Å²) < 4.78 is 6.93. The molecule has 146 valence electrons. The topological polar surface area (TPSA) is 94.8 Å². The van der Waals surface area contributed by atoms with Crippen molar-refractivity contribution in [1.29, 1.82) is 0 Å². The summed E-state index contributed by atoms with van der Waals surface area (Å²) in [6.45, 7) is 3.69. The number of nitrogens with zero attached hydrogens (tertiary/aromatic N) is 5. The third-order valence-corrected chi connectivity index (χ3v) is 5.23. The maximum Gasteiger partial charge on any atom is 0.238 e. The fourth-order valence-corrected chi connectivity index (χ4v) is 3.53. The van der Waals surface area contributed by atoms with Crippen LogP contribution in [0.3, 0.4) is 0 Å². The van der Waals surface area contributed by atoms with Crippen molar-refractivity contribution in [1.82, 2.24) is 25.2 Å². The lowest BCUT2D eigenvalue weighted by Gasteiger charge is -2.13. The van der Waals surface area contributed by atoms with Gasteiger partial charge in [-0.15, -0.1) is 5.10 Å². The van der Waals surface area contributed by atoms with Crippen molar-refractivity contribution in [3.05, 3.63) is 46.1 Å². The van der Waals surface area contributed by atoms with E-state index < -0.39 is 5.25 Å². The Morgan fingerprint density at radius 2 is 2.11 bits per heavy atom. The monoisotopic (exact) mass is 438 g/mol. The first kappa shape index (κ1) is 20.4. The second-order valence-electron chi connectivity index (χ2n) is 5.78. The highest BCUT2D eigenvalue weighted by Crippen LogP contribution is 2.29. The van der Waals surface area contributed by atoms with Crippen molar-refractivity contribution < 1.29 is 9.53 Å². The predicted molar refractivity (Wildman–Crippen MR) is 109 cm³/mol. The molecule has 11 heteroatoms. The quantitative estimate of drug-likeness (QED) is 0.584. The Kier molecular flexibility index (Phi) is 6.38. The van der Waals surface area contributed by atoms with Crippen LogP contribution < -0.4 is 10.1 Å². The molecular formula is C17H16Cl2N6O2S. The van der Waals surface area contributed by atoms with Crippen molar-refractivity contribution in [2.75, 3.05) is 12.4 Å². The summed E-state index contributed by atoms with van der Waals surface area (Å²) in [7, 11) is 1.57. The molecule has 0 aliphatic rings. The molecule has 0 saturated heterocycles. The Morgan fingerprint density at radius 1 is 1.32 bits per heavy atom. The average molecular weight is 439 g/mol. The van der Waals surface area contributed by atoms with Gasteiger partial charge in [0.15, 0.2) is 5.82 Å². The first-order chi connectivity index (χ1) is 13.4. The number of hydrogen-bond donors (Lipinski definition) is 1. The molecule has 1 amide bonds. The van der Waals surface area contributed by atoms with Gasteiger partial charge >= 0.3 is 0 Å². The lowest BCUT2D eigenvalue weighted by Crippen LogP contribution is -2.23. The van der Waals surface area contributed by atoms with E-state index in [1.54, 1.807) is 14.0 Å². The number of amides is 1. The minimum Gasteiger partial charge on any atom is -0.494 e. The molecular weight excluding hydrogens is 423 g/mol. The van der Waals surface area contributed by atoms with Crippen LogP contribution >= 0.6 is 35.0 Å². The van der Waals surface area contributed by atoms with Crippen molar-refractivity contribution in [2.24, 2.45) is 0 Å². The zero-order chi connectivity index (χ0) is 20.3. The summed E-state index contributed by atoms with van der Waals surface area (Å²) >= 11 is 13.1. The fraction of sp³-hybridized carbons (Fsp3) is 0.235. The first-order valence-electron chi connectivity index (χ1n) is 8.11. The number of aryl methyl sites for hydroxylation is 1. The molecule has 0 bridgehead atoms. The van der Waals surface area contributed by atoms with E-state index in [2.05, 4.69) is 25.8 Å². The van der Waals surface area contributed by atoms with E-state index in [0.29, 0.717) is 21.6 Å². The highest BCUT2D eigenvalue weighted by Gasteiger charge is 2.21. The Morgan fingerprint density at radius 3 is 2.82 bits per heavy atom. The van der Waals surface area contributed by atoms with Crippen LogP contribution in [0, 0.1) is 6.92 Å². The van der Waals surface area contributed by atoms with Crippen LogP contribution in [0.15, 0.2) is 35.6 Å². The minimum atomic E-state index is -0.519. The largest absolute Gasteiger partial charge is 0.494 e. The molecule has 1 N–H and O–H groups in total. The normalized spacial score (nSPS) is 11.9. The lowest BCUT2D eigenvalue weighted by molar-refractivity contribution is -0.115. The number of carbonyl (C=O) groups excluding carboxylic acids is 1. The molecule has 1 atom stereocenters. The summed E-state index contributed by atoms with van der Waals surface area (Å²) in [5.41, 5.74) is 1.71. The van der Waals surface area contributed by atoms with E-state index in [4.69, 9.17) is 27.9 Å². The number of halogens is 2. The van der Waals surface area contributed by atoms with E-state index in [1.165, 1.54) is 28.7 Å². The Bertz CT molecular complexity index is 1010. The molecule has 3 aromatic rings. The van der Waals surface area contributed by atoms with Gasteiger partial charge in [0.25, 0.3) is 0 Å². The number of methoxy groups -OCH3 is 1. The van der Waals surface area contributed by atoms with Crippen LogP contribution in [0.1, 0.15) is 12.5 Å². The Hall–Kier alpha value is -2.36. The molecule has 8 nitrogen and oxygen atoms in total. The second-order valence-corrected chi connectivity index (χ2v) is 7.93.